The molecule has 0 aliphatic heterocycles. The minimum absolute atomic E-state index is 0.203. The first-order chi connectivity index (χ1) is 9.16. The summed E-state index contributed by atoms with van der Waals surface area (Å²) in [6.45, 7) is 0.417. The highest BCUT2D eigenvalue weighted by Crippen LogP contribution is 2.12. The van der Waals surface area contributed by atoms with Crippen molar-refractivity contribution in [2.45, 2.75) is 12.6 Å². The largest absolute Gasteiger partial charge is 0.350 e. The minimum Gasteiger partial charge on any atom is -0.350 e. The Bertz CT molecular complexity index is 557. The lowest BCUT2D eigenvalue weighted by Crippen LogP contribution is -2.33. The Balaban J connectivity index is 1.95. The highest BCUT2D eigenvalue weighted by atomic mass is 35.5. The molecule has 4 heteroatoms. The first kappa shape index (κ1) is 13.6. The molecule has 0 heterocycles. The van der Waals surface area contributed by atoms with E-state index in [0.717, 1.165) is 11.1 Å². The second-order valence-electron chi connectivity index (χ2n) is 4.24. The van der Waals surface area contributed by atoms with Crippen LogP contribution in [0.5, 0.6) is 0 Å². The minimum atomic E-state index is -0.652. The fourth-order valence-electron chi connectivity index (χ4n) is 1.76. The van der Waals surface area contributed by atoms with Crippen LogP contribution in [0.2, 0.25) is 5.02 Å². The molecule has 0 spiro atoms. The molecular weight excluding hydrogens is 260 g/mol. The summed E-state index contributed by atoms with van der Waals surface area (Å²) in [6.07, 6.45) is 0. The van der Waals surface area contributed by atoms with Crippen LogP contribution in [0.1, 0.15) is 17.2 Å². The Morgan fingerprint density at radius 2 is 1.89 bits per heavy atom. The number of carbonyl (C=O) groups is 1. The van der Waals surface area contributed by atoms with Crippen LogP contribution in [0.15, 0.2) is 54.6 Å². The lowest BCUT2D eigenvalue weighted by molar-refractivity contribution is -0.122. The van der Waals surface area contributed by atoms with Crippen molar-refractivity contribution >= 4 is 17.5 Å². The molecule has 0 fully saturated rings. The predicted molar refractivity (Wildman–Crippen MR) is 76.7 cm³/mol. The molecule has 3 nitrogen and oxygen atoms in total. The standard InChI is InChI=1S/C15H15ClN2O/c16-13-8-4-5-11(9-13)10-18-15(19)14(17)12-6-2-1-3-7-12/h1-9,14H,10,17H2,(H,18,19). The van der Waals surface area contributed by atoms with Crippen LogP contribution in [-0.4, -0.2) is 5.91 Å². The Morgan fingerprint density at radius 3 is 2.58 bits per heavy atom. The van der Waals surface area contributed by atoms with Crippen LogP contribution in [0.3, 0.4) is 0 Å². The normalized spacial score (nSPS) is 11.9. The van der Waals surface area contributed by atoms with Crippen molar-refractivity contribution in [2.75, 3.05) is 0 Å². The van der Waals surface area contributed by atoms with E-state index in [4.69, 9.17) is 17.3 Å². The zero-order valence-electron chi connectivity index (χ0n) is 10.3. The number of rotatable bonds is 4. The number of benzene rings is 2. The van der Waals surface area contributed by atoms with Gasteiger partial charge in [-0.2, -0.15) is 0 Å². The third-order valence-corrected chi connectivity index (χ3v) is 3.03. The Labute approximate surface area is 117 Å². The van der Waals surface area contributed by atoms with E-state index in [1.165, 1.54) is 0 Å². The van der Waals surface area contributed by atoms with E-state index >= 15 is 0 Å². The van der Waals surface area contributed by atoms with Crippen molar-refractivity contribution in [3.8, 4) is 0 Å². The highest BCUT2D eigenvalue weighted by molar-refractivity contribution is 6.30. The third-order valence-electron chi connectivity index (χ3n) is 2.80. The molecule has 0 aliphatic rings. The smallest absolute Gasteiger partial charge is 0.241 e. The first-order valence-electron chi connectivity index (χ1n) is 5.99. The fraction of sp³-hybridized carbons (Fsp3) is 0.133. The maximum Gasteiger partial charge on any atom is 0.241 e. The molecule has 0 radical (unpaired) electrons. The van der Waals surface area contributed by atoms with E-state index < -0.39 is 6.04 Å². The molecule has 2 rings (SSSR count). The zero-order valence-corrected chi connectivity index (χ0v) is 11.1. The van der Waals surface area contributed by atoms with Gasteiger partial charge < -0.3 is 11.1 Å². The molecule has 98 valence electrons. The second-order valence-corrected chi connectivity index (χ2v) is 4.67. The molecular formula is C15H15ClN2O. The molecule has 0 bridgehead atoms. The quantitative estimate of drug-likeness (QED) is 0.901. The molecule has 0 aliphatic carbocycles. The van der Waals surface area contributed by atoms with Gasteiger partial charge in [0.25, 0.3) is 0 Å². The van der Waals surface area contributed by atoms with Gasteiger partial charge >= 0.3 is 0 Å². The van der Waals surface area contributed by atoms with Gasteiger partial charge in [-0.05, 0) is 23.3 Å². The number of nitrogens with two attached hydrogens (primary N) is 1. The van der Waals surface area contributed by atoms with Gasteiger partial charge in [0.05, 0.1) is 0 Å². The summed E-state index contributed by atoms with van der Waals surface area (Å²) in [7, 11) is 0. The van der Waals surface area contributed by atoms with Gasteiger partial charge in [0.2, 0.25) is 5.91 Å². The van der Waals surface area contributed by atoms with Crippen LogP contribution >= 0.6 is 11.6 Å². The second kappa shape index (κ2) is 6.36. The molecule has 1 amide bonds. The lowest BCUT2D eigenvalue weighted by atomic mass is 10.1. The van der Waals surface area contributed by atoms with Crippen molar-refractivity contribution in [2.24, 2.45) is 5.73 Å². The number of amides is 1. The Kier molecular flexibility index (Phi) is 4.55. The predicted octanol–water partition coefficient (Wildman–Crippen LogP) is 2.66. The average Bonchev–Trinajstić information content (AvgIpc) is 2.45. The zero-order chi connectivity index (χ0) is 13.7. The molecule has 1 unspecified atom stereocenters. The third kappa shape index (κ3) is 3.81. The summed E-state index contributed by atoms with van der Waals surface area (Å²) in [5, 5.41) is 3.45. The van der Waals surface area contributed by atoms with Gasteiger partial charge in [-0.15, -0.1) is 0 Å². The number of halogens is 1. The van der Waals surface area contributed by atoms with Gasteiger partial charge in [-0.1, -0.05) is 54.1 Å². The number of carbonyl (C=O) groups excluding carboxylic acids is 1. The maximum atomic E-state index is 11.9. The molecule has 2 aromatic rings. The molecule has 3 N–H and O–H groups in total. The number of hydrogen-bond acceptors (Lipinski definition) is 2. The average molecular weight is 275 g/mol. The maximum absolute atomic E-state index is 11.9. The first-order valence-corrected chi connectivity index (χ1v) is 6.37. The van der Waals surface area contributed by atoms with Crippen molar-refractivity contribution in [3.05, 3.63) is 70.7 Å². The Hall–Kier alpha value is -1.84. The molecule has 0 aromatic heterocycles. The van der Waals surface area contributed by atoms with Crippen LogP contribution in [0.25, 0.3) is 0 Å². The summed E-state index contributed by atoms with van der Waals surface area (Å²) in [5.41, 5.74) is 7.64. The molecule has 0 saturated heterocycles. The van der Waals surface area contributed by atoms with E-state index in [-0.39, 0.29) is 5.91 Å². The fourth-order valence-corrected chi connectivity index (χ4v) is 1.97. The van der Waals surface area contributed by atoms with Gasteiger partial charge in [0, 0.05) is 11.6 Å². The summed E-state index contributed by atoms with van der Waals surface area (Å²) in [6, 6.07) is 16.0. The van der Waals surface area contributed by atoms with Crippen LogP contribution < -0.4 is 11.1 Å². The molecule has 19 heavy (non-hydrogen) atoms. The van der Waals surface area contributed by atoms with Gasteiger partial charge in [-0.25, -0.2) is 0 Å². The van der Waals surface area contributed by atoms with Crippen molar-refractivity contribution < 1.29 is 4.79 Å². The lowest BCUT2D eigenvalue weighted by Gasteiger charge is -2.12. The molecule has 2 aromatic carbocycles. The summed E-state index contributed by atoms with van der Waals surface area (Å²) in [5.74, 6) is -0.203. The SMILES string of the molecule is NC(C(=O)NCc1cccc(Cl)c1)c1ccccc1. The van der Waals surface area contributed by atoms with E-state index in [1.54, 1.807) is 6.07 Å². The van der Waals surface area contributed by atoms with Gasteiger partial charge in [0.1, 0.15) is 6.04 Å². The molecule has 1 atom stereocenters. The monoisotopic (exact) mass is 274 g/mol. The van der Waals surface area contributed by atoms with Crippen molar-refractivity contribution in [1.29, 1.82) is 0 Å². The van der Waals surface area contributed by atoms with E-state index in [9.17, 15) is 4.79 Å². The summed E-state index contributed by atoms with van der Waals surface area (Å²) >= 11 is 5.88. The van der Waals surface area contributed by atoms with Crippen LogP contribution in [0.4, 0.5) is 0 Å². The van der Waals surface area contributed by atoms with E-state index in [2.05, 4.69) is 5.32 Å². The van der Waals surface area contributed by atoms with E-state index in [0.29, 0.717) is 11.6 Å². The summed E-state index contributed by atoms with van der Waals surface area (Å²) < 4.78 is 0. The summed E-state index contributed by atoms with van der Waals surface area (Å²) in [4.78, 5) is 11.9. The van der Waals surface area contributed by atoms with Gasteiger partial charge in [-0.3, -0.25) is 4.79 Å². The van der Waals surface area contributed by atoms with Gasteiger partial charge in [0.15, 0.2) is 0 Å². The van der Waals surface area contributed by atoms with Crippen molar-refractivity contribution in [1.82, 2.24) is 5.32 Å². The van der Waals surface area contributed by atoms with E-state index in [1.807, 2.05) is 48.5 Å². The van der Waals surface area contributed by atoms with Crippen LogP contribution in [-0.2, 0) is 11.3 Å². The van der Waals surface area contributed by atoms with Crippen LogP contribution in [0, 0.1) is 0 Å². The number of nitrogens with one attached hydrogen (secondary N) is 1. The highest BCUT2D eigenvalue weighted by Gasteiger charge is 2.14. The molecule has 0 saturated carbocycles. The topological polar surface area (TPSA) is 55.1 Å². The van der Waals surface area contributed by atoms with Crippen molar-refractivity contribution in [3.63, 3.8) is 0 Å². The number of hydrogen-bond donors (Lipinski definition) is 2. The Morgan fingerprint density at radius 1 is 1.16 bits per heavy atom.